The van der Waals surface area contributed by atoms with E-state index in [1.165, 1.54) is 0 Å². The van der Waals surface area contributed by atoms with E-state index in [9.17, 15) is 0 Å². The second kappa shape index (κ2) is 2.87. The van der Waals surface area contributed by atoms with Crippen LogP contribution >= 0.6 is 0 Å². The van der Waals surface area contributed by atoms with E-state index in [1.54, 1.807) is 12.1 Å². The summed E-state index contributed by atoms with van der Waals surface area (Å²) in [5.41, 5.74) is 0.959. The zero-order chi connectivity index (χ0) is 9.42. The zero-order valence-electron chi connectivity index (χ0n) is 7.19. The molecule has 1 heterocycles. The van der Waals surface area contributed by atoms with Crippen LogP contribution < -0.4 is 0 Å². The number of fused-ring (bicyclic) bond motifs is 1. The first-order valence-electron chi connectivity index (χ1n) is 4.03. The molecule has 1 aromatic heterocycles. The molecule has 0 unspecified atom stereocenters. The van der Waals surface area contributed by atoms with Crippen molar-refractivity contribution >= 4 is 11.0 Å². The predicted molar refractivity (Wildman–Crippen MR) is 48.1 cm³/mol. The number of benzene rings is 1. The highest BCUT2D eigenvalue weighted by Gasteiger charge is 2.10. The maximum atomic E-state index is 9.03. The Balaban J connectivity index is 2.75. The number of furan rings is 1. The van der Waals surface area contributed by atoms with Crippen molar-refractivity contribution in [2.24, 2.45) is 0 Å². The fourth-order valence-electron chi connectivity index (χ4n) is 1.42. The Labute approximate surface area is 75.2 Å². The van der Waals surface area contributed by atoms with E-state index in [1.807, 2.05) is 19.1 Å². The average molecular weight is 178 g/mol. The molecule has 2 aromatic rings. The van der Waals surface area contributed by atoms with Gasteiger partial charge < -0.3 is 14.6 Å². The third-order valence-electron chi connectivity index (χ3n) is 1.98. The molecule has 1 aromatic carbocycles. The highest BCUT2D eigenvalue weighted by atomic mass is 16.5. The molecular weight excluding hydrogens is 168 g/mol. The van der Waals surface area contributed by atoms with Crippen LogP contribution in [-0.4, -0.2) is 10.2 Å². The van der Waals surface area contributed by atoms with Crippen LogP contribution in [0.2, 0.25) is 0 Å². The fourth-order valence-corrected chi connectivity index (χ4v) is 1.42. The first-order valence-corrected chi connectivity index (χ1v) is 4.03. The van der Waals surface area contributed by atoms with E-state index in [0.29, 0.717) is 11.1 Å². The van der Waals surface area contributed by atoms with Crippen molar-refractivity contribution in [3.63, 3.8) is 0 Å². The standard InChI is InChI=1S/C10H10O3/c1-6-5-7-3-2-4-8(10(11)12)9(7)13-6/h2-5,10-12H,1H3. The average Bonchev–Trinajstić information content (AvgIpc) is 2.43. The molecule has 0 aliphatic rings. The summed E-state index contributed by atoms with van der Waals surface area (Å²) in [7, 11) is 0. The second-order valence-corrected chi connectivity index (χ2v) is 3.00. The molecule has 0 spiro atoms. The fraction of sp³-hybridized carbons (Fsp3) is 0.200. The smallest absolute Gasteiger partial charge is 0.182 e. The summed E-state index contributed by atoms with van der Waals surface area (Å²) >= 11 is 0. The van der Waals surface area contributed by atoms with Gasteiger partial charge in [-0.1, -0.05) is 18.2 Å². The molecule has 2 rings (SSSR count). The lowest BCUT2D eigenvalue weighted by Crippen LogP contribution is -1.94. The van der Waals surface area contributed by atoms with Crippen LogP contribution in [-0.2, 0) is 0 Å². The zero-order valence-corrected chi connectivity index (χ0v) is 7.19. The van der Waals surface area contributed by atoms with Gasteiger partial charge in [-0.2, -0.15) is 0 Å². The van der Waals surface area contributed by atoms with Gasteiger partial charge in [0.2, 0.25) is 0 Å². The minimum Gasteiger partial charge on any atom is -0.461 e. The summed E-state index contributed by atoms with van der Waals surface area (Å²) in [6, 6.07) is 7.14. The normalized spacial score (nSPS) is 11.4. The van der Waals surface area contributed by atoms with E-state index in [-0.39, 0.29) is 0 Å². The largest absolute Gasteiger partial charge is 0.461 e. The Bertz CT molecular complexity index is 429. The summed E-state index contributed by atoms with van der Waals surface area (Å²) in [6.45, 7) is 1.83. The van der Waals surface area contributed by atoms with Crippen molar-refractivity contribution in [2.75, 3.05) is 0 Å². The third kappa shape index (κ3) is 1.32. The molecule has 0 atom stereocenters. The Hall–Kier alpha value is -1.32. The molecule has 68 valence electrons. The third-order valence-corrected chi connectivity index (χ3v) is 1.98. The maximum absolute atomic E-state index is 9.03. The van der Waals surface area contributed by atoms with Crippen LogP contribution in [0.5, 0.6) is 0 Å². The van der Waals surface area contributed by atoms with E-state index in [0.717, 1.165) is 11.1 Å². The van der Waals surface area contributed by atoms with Gasteiger partial charge in [0, 0.05) is 5.39 Å². The van der Waals surface area contributed by atoms with E-state index in [4.69, 9.17) is 14.6 Å². The summed E-state index contributed by atoms with van der Waals surface area (Å²) in [5.74, 6) is 0.767. The van der Waals surface area contributed by atoms with Gasteiger partial charge >= 0.3 is 0 Å². The topological polar surface area (TPSA) is 53.6 Å². The molecule has 13 heavy (non-hydrogen) atoms. The molecule has 0 amide bonds. The van der Waals surface area contributed by atoms with Crippen LogP contribution in [0.4, 0.5) is 0 Å². The Morgan fingerprint density at radius 2 is 2.08 bits per heavy atom. The van der Waals surface area contributed by atoms with Crippen molar-refractivity contribution in [1.82, 2.24) is 0 Å². The molecular formula is C10H10O3. The van der Waals surface area contributed by atoms with Gasteiger partial charge in [-0.15, -0.1) is 0 Å². The highest BCUT2D eigenvalue weighted by Crippen LogP contribution is 2.25. The minimum atomic E-state index is -1.48. The lowest BCUT2D eigenvalue weighted by molar-refractivity contribution is -0.0419. The van der Waals surface area contributed by atoms with Gasteiger partial charge in [0.25, 0.3) is 0 Å². The molecule has 3 nitrogen and oxygen atoms in total. The molecule has 0 aliphatic heterocycles. The Morgan fingerprint density at radius 1 is 1.31 bits per heavy atom. The van der Waals surface area contributed by atoms with Gasteiger partial charge in [0.1, 0.15) is 11.3 Å². The molecule has 0 radical (unpaired) electrons. The summed E-state index contributed by atoms with van der Waals surface area (Å²) in [5, 5.41) is 18.9. The lowest BCUT2D eigenvalue weighted by Gasteiger charge is -2.02. The van der Waals surface area contributed by atoms with Gasteiger partial charge in [0.15, 0.2) is 6.29 Å². The van der Waals surface area contributed by atoms with Crippen molar-refractivity contribution < 1.29 is 14.6 Å². The van der Waals surface area contributed by atoms with Crippen molar-refractivity contribution in [3.05, 3.63) is 35.6 Å². The SMILES string of the molecule is Cc1cc2cccc(C(O)O)c2o1. The first-order chi connectivity index (χ1) is 6.18. The summed E-state index contributed by atoms with van der Waals surface area (Å²) in [4.78, 5) is 0. The molecule has 0 fully saturated rings. The van der Waals surface area contributed by atoms with E-state index in [2.05, 4.69) is 0 Å². The Kier molecular flexibility index (Phi) is 1.83. The molecule has 2 N–H and O–H groups in total. The maximum Gasteiger partial charge on any atom is 0.182 e. The number of hydrogen-bond donors (Lipinski definition) is 2. The highest BCUT2D eigenvalue weighted by molar-refractivity contribution is 5.81. The number of aliphatic hydroxyl groups excluding tert-OH is 1. The van der Waals surface area contributed by atoms with E-state index < -0.39 is 6.29 Å². The predicted octanol–water partition coefficient (Wildman–Crippen LogP) is 1.72. The Morgan fingerprint density at radius 3 is 2.77 bits per heavy atom. The van der Waals surface area contributed by atoms with Crippen molar-refractivity contribution in [3.8, 4) is 0 Å². The quantitative estimate of drug-likeness (QED) is 0.654. The first kappa shape index (κ1) is 8.29. The number of rotatable bonds is 1. The number of aliphatic hydroxyl groups is 2. The van der Waals surface area contributed by atoms with Crippen LogP contribution in [0.3, 0.4) is 0 Å². The van der Waals surface area contributed by atoms with Gasteiger partial charge in [-0.25, -0.2) is 0 Å². The molecule has 3 heteroatoms. The molecule has 0 saturated heterocycles. The lowest BCUT2D eigenvalue weighted by atomic mass is 10.1. The minimum absolute atomic E-state index is 0.408. The van der Waals surface area contributed by atoms with E-state index >= 15 is 0 Å². The van der Waals surface area contributed by atoms with Crippen LogP contribution in [0.15, 0.2) is 28.7 Å². The number of para-hydroxylation sites is 1. The van der Waals surface area contributed by atoms with Crippen molar-refractivity contribution in [1.29, 1.82) is 0 Å². The second-order valence-electron chi connectivity index (χ2n) is 3.00. The van der Waals surface area contributed by atoms with Crippen molar-refractivity contribution in [2.45, 2.75) is 13.2 Å². The van der Waals surface area contributed by atoms with Gasteiger partial charge in [-0.3, -0.25) is 0 Å². The molecule has 0 bridgehead atoms. The van der Waals surface area contributed by atoms with Gasteiger partial charge in [-0.05, 0) is 13.0 Å². The number of aryl methyl sites for hydroxylation is 1. The molecule has 0 saturated carbocycles. The van der Waals surface area contributed by atoms with Crippen LogP contribution in [0.25, 0.3) is 11.0 Å². The van der Waals surface area contributed by atoms with Crippen LogP contribution in [0.1, 0.15) is 17.6 Å². The number of hydrogen-bond acceptors (Lipinski definition) is 3. The monoisotopic (exact) mass is 178 g/mol. The summed E-state index contributed by atoms with van der Waals surface area (Å²) < 4.78 is 5.34. The summed E-state index contributed by atoms with van der Waals surface area (Å²) in [6.07, 6.45) is -1.48. The van der Waals surface area contributed by atoms with Gasteiger partial charge in [0.05, 0.1) is 5.56 Å². The van der Waals surface area contributed by atoms with Crippen LogP contribution in [0, 0.1) is 6.92 Å². The molecule has 0 aliphatic carbocycles.